The zero-order valence-electron chi connectivity index (χ0n) is 17.5. The van der Waals surface area contributed by atoms with Crippen molar-refractivity contribution in [3.63, 3.8) is 0 Å². The molecule has 0 saturated carbocycles. The van der Waals surface area contributed by atoms with Crippen molar-refractivity contribution in [3.05, 3.63) is 100 Å². The van der Waals surface area contributed by atoms with Gasteiger partial charge in [-0.15, -0.1) is 11.3 Å². The van der Waals surface area contributed by atoms with E-state index in [4.69, 9.17) is 16.6 Å². The highest BCUT2D eigenvalue weighted by Crippen LogP contribution is 2.33. The minimum Gasteiger partial charge on any atom is -0.322 e. The number of nitrogens with one attached hydrogen (secondary N) is 1. The largest absolute Gasteiger partial charge is 0.322 e. The molecule has 4 nitrogen and oxygen atoms in total. The highest BCUT2D eigenvalue weighted by Gasteiger charge is 2.14. The molecular weight excluding hydrogens is 457 g/mol. The number of anilines is 1. The molecule has 0 bridgehead atoms. The van der Waals surface area contributed by atoms with Crippen LogP contribution in [-0.2, 0) is 0 Å². The maximum Gasteiger partial charge on any atom is 0.256 e. The summed E-state index contributed by atoms with van der Waals surface area (Å²) in [7, 11) is 0. The fourth-order valence-corrected chi connectivity index (χ4v) is 4.79. The van der Waals surface area contributed by atoms with Crippen LogP contribution >= 0.6 is 22.9 Å². The number of halogens is 2. The molecule has 0 atom stereocenters. The lowest BCUT2D eigenvalue weighted by molar-refractivity contribution is 0.102. The normalized spacial score (nSPS) is 11.0. The Labute approximate surface area is 198 Å². The van der Waals surface area contributed by atoms with Crippen LogP contribution in [0.5, 0.6) is 0 Å². The van der Waals surface area contributed by atoms with Crippen LogP contribution in [-0.4, -0.2) is 15.9 Å². The first-order valence-corrected chi connectivity index (χ1v) is 11.4. The summed E-state index contributed by atoms with van der Waals surface area (Å²) in [6.45, 7) is 1.80. The number of thiazole rings is 1. The van der Waals surface area contributed by atoms with Crippen molar-refractivity contribution in [2.24, 2.45) is 0 Å². The van der Waals surface area contributed by atoms with Crippen LogP contribution in [0.25, 0.3) is 32.7 Å². The molecule has 0 aliphatic rings. The SMILES string of the molecule is Cc1cc(C(=O)Nc2cccc(-c3csc(-c4ccccc4Cl)n3)c2)c2cc(F)ccc2n1. The summed E-state index contributed by atoms with van der Waals surface area (Å²) >= 11 is 7.82. The third kappa shape index (κ3) is 4.35. The number of aromatic nitrogens is 2. The molecule has 5 rings (SSSR count). The summed E-state index contributed by atoms with van der Waals surface area (Å²) in [5, 5.41) is 6.82. The summed E-state index contributed by atoms with van der Waals surface area (Å²) in [6, 6.07) is 20.9. The average Bonchev–Trinajstić information content (AvgIpc) is 3.29. The number of benzene rings is 3. The minimum atomic E-state index is -0.415. The van der Waals surface area contributed by atoms with Gasteiger partial charge in [0.25, 0.3) is 5.91 Å². The third-order valence-corrected chi connectivity index (χ3v) is 6.37. The number of rotatable bonds is 4. The molecular formula is C26H17ClFN3OS. The molecule has 0 unspecified atom stereocenters. The quantitative estimate of drug-likeness (QED) is 0.296. The lowest BCUT2D eigenvalue weighted by Gasteiger charge is -2.10. The summed E-state index contributed by atoms with van der Waals surface area (Å²) in [6.07, 6.45) is 0. The van der Waals surface area contributed by atoms with Gasteiger partial charge in [-0.1, -0.05) is 41.9 Å². The Kier molecular flexibility index (Phi) is 5.62. The van der Waals surface area contributed by atoms with Gasteiger partial charge >= 0.3 is 0 Å². The van der Waals surface area contributed by atoms with Gasteiger partial charge in [-0.25, -0.2) is 9.37 Å². The van der Waals surface area contributed by atoms with Crippen LogP contribution in [0, 0.1) is 12.7 Å². The second kappa shape index (κ2) is 8.73. The molecule has 7 heteroatoms. The molecule has 0 saturated heterocycles. The van der Waals surface area contributed by atoms with Gasteiger partial charge in [-0.2, -0.15) is 0 Å². The summed E-state index contributed by atoms with van der Waals surface area (Å²) in [5.74, 6) is -0.745. The molecule has 0 fully saturated rings. The third-order valence-electron chi connectivity index (χ3n) is 5.17. The van der Waals surface area contributed by atoms with Crippen LogP contribution in [0.2, 0.25) is 5.02 Å². The molecule has 1 amide bonds. The minimum absolute atomic E-state index is 0.330. The summed E-state index contributed by atoms with van der Waals surface area (Å²) in [5.41, 5.74) is 4.78. The second-order valence-corrected chi connectivity index (χ2v) is 8.79. The standard InChI is InChI=1S/C26H17ClFN3OS/c1-15-11-21(20-13-17(28)9-10-23(20)29-15)25(32)30-18-6-4-5-16(12-18)24-14-33-26(31-24)19-7-2-3-8-22(19)27/h2-14H,1H3,(H,30,32). The van der Waals surface area contributed by atoms with E-state index < -0.39 is 5.82 Å². The first-order chi connectivity index (χ1) is 16.0. The Morgan fingerprint density at radius 1 is 1.00 bits per heavy atom. The van der Waals surface area contributed by atoms with Crippen molar-refractivity contribution >= 4 is 45.4 Å². The van der Waals surface area contributed by atoms with Crippen molar-refractivity contribution in [1.82, 2.24) is 9.97 Å². The first kappa shape index (κ1) is 21.2. The van der Waals surface area contributed by atoms with Crippen molar-refractivity contribution in [3.8, 4) is 21.8 Å². The van der Waals surface area contributed by atoms with Crippen LogP contribution in [0.4, 0.5) is 10.1 Å². The molecule has 0 aliphatic carbocycles. The van der Waals surface area contributed by atoms with E-state index in [0.717, 1.165) is 21.8 Å². The number of fused-ring (bicyclic) bond motifs is 1. The second-order valence-electron chi connectivity index (χ2n) is 7.53. The van der Waals surface area contributed by atoms with Crippen molar-refractivity contribution in [2.75, 3.05) is 5.32 Å². The van der Waals surface area contributed by atoms with Gasteiger partial charge in [0.1, 0.15) is 10.8 Å². The van der Waals surface area contributed by atoms with E-state index >= 15 is 0 Å². The van der Waals surface area contributed by atoms with Crippen molar-refractivity contribution < 1.29 is 9.18 Å². The van der Waals surface area contributed by atoms with Gasteiger partial charge in [0.05, 0.1) is 21.8 Å². The molecule has 2 aromatic heterocycles. The highest BCUT2D eigenvalue weighted by atomic mass is 35.5. The molecule has 1 N–H and O–H groups in total. The number of hydrogen-bond donors (Lipinski definition) is 1. The van der Waals surface area contributed by atoms with Gasteiger partial charge < -0.3 is 5.32 Å². The Morgan fingerprint density at radius 2 is 1.85 bits per heavy atom. The van der Waals surface area contributed by atoms with Gasteiger partial charge in [0.2, 0.25) is 0 Å². The van der Waals surface area contributed by atoms with E-state index in [-0.39, 0.29) is 5.91 Å². The highest BCUT2D eigenvalue weighted by molar-refractivity contribution is 7.13. The Hall–Kier alpha value is -3.61. The fraction of sp³-hybridized carbons (Fsp3) is 0.0385. The van der Waals surface area contributed by atoms with E-state index in [1.165, 1.54) is 23.5 Å². The molecule has 0 radical (unpaired) electrons. The summed E-state index contributed by atoms with van der Waals surface area (Å²) in [4.78, 5) is 22.2. The van der Waals surface area contributed by atoms with Gasteiger partial charge in [-0.3, -0.25) is 9.78 Å². The number of amides is 1. The molecule has 162 valence electrons. The monoisotopic (exact) mass is 473 g/mol. The molecule has 0 spiro atoms. The van der Waals surface area contributed by atoms with E-state index in [1.807, 2.05) is 47.8 Å². The van der Waals surface area contributed by atoms with E-state index in [1.54, 1.807) is 25.1 Å². The molecule has 2 heterocycles. The fourth-order valence-electron chi connectivity index (χ4n) is 3.64. The van der Waals surface area contributed by atoms with Gasteiger partial charge in [0, 0.05) is 33.3 Å². The maximum absolute atomic E-state index is 13.8. The summed E-state index contributed by atoms with van der Waals surface area (Å²) < 4.78 is 13.8. The zero-order valence-corrected chi connectivity index (χ0v) is 19.0. The van der Waals surface area contributed by atoms with Crippen molar-refractivity contribution in [1.29, 1.82) is 0 Å². The average molecular weight is 474 g/mol. The number of hydrogen-bond acceptors (Lipinski definition) is 4. The Morgan fingerprint density at radius 3 is 2.70 bits per heavy atom. The number of carbonyl (C=O) groups excluding carboxylic acids is 1. The van der Waals surface area contributed by atoms with Crippen LogP contribution in [0.3, 0.4) is 0 Å². The Bertz CT molecular complexity index is 1510. The number of aryl methyl sites for hydroxylation is 1. The van der Waals surface area contributed by atoms with Gasteiger partial charge in [-0.05, 0) is 49.4 Å². The maximum atomic E-state index is 13.8. The van der Waals surface area contributed by atoms with E-state index in [0.29, 0.717) is 32.9 Å². The molecule has 3 aromatic carbocycles. The smallest absolute Gasteiger partial charge is 0.256 e. The molecule has 33 heavy (non-hydrogen) atoms. The van der Waals surface area contributed by atoms with Crippen molar-refractivity contribution in [2.45, 2.75) is 6.92 Å². The number of nitrogens with zero attached hydrogens (tertiary/aromatic N) is 2. The Balaban J connectivity index is 1.44. The predicted molar refractivity (Wildman–Crippen MR) is 132 cm³/mol. The van der Waals surface area contributed by atoms with E-state index in [2.05, 4.69) is 10.3 Å². The molecule has 5 aromatic rings. The van der Waals surface area contributed by atoms with E-state index in [9.17, 15) is 9.18 Å². The van der Waals surface area contributed by atoms with Gasteiger partial charge in [0.15, 0.2) is 0 Å². The zero-order chi connectivity index (χ0) is 22.9. The lowest BCUT2D eigenvalue weighted by Crippen LogP contribution is -2.13. The number of carbonyl (C=O) groups is 1. The van der Waals surface area contributed by atoms with Crippen LogP contribution < -0.4 is 5.32 Å². The topological polar surface area (TPSA) is 54.9 Å². The first-order valence-electron chi connectivity index (χ1n) is 10.2. The van der Waals surface area contributed by atoms with Crippen LogP contribution in [0.1, 0.15) is 16.1 Å². The predicted octanol–water partition coefficient (Wildman–Crippen LogP) is 7.38. The lowest BCUT2D eigenvalue weighted by atomic mass is 10.1. The molecule has 0 aliphatic heterocycles. The number of pyridine rings is 1. The van der Waals surface area contributed by atoms with Crippen LogP contribution in [0.15, 0.2) is 78.2 Å².